The Morgan fingerprint density at radius 2 is 1.94 bits per heavy atom. The van der Waals surface area contributed by atoms with E-state index < -0.39 is 6.04 Å². The third-order valence-electron chi connectivity index (χ3n) is 2.92. The molecule has 0 aliphatic rings. The van der Waals surface area contributed by atoms with Crippen molar-refractivity contribution in [3.8, 4) is 0 Å². The lowest BCUT2D eigenvalue weighted by atomic mass is 10.1. The van der Waals surface area contributed by atoms with Gasteiger partial charge in [0.1, 0.15) is 6.04 Å². The lowest BCUT2D eigenvalue weighted by Gasteiger charge is -2.19. The second kappa shape index (κ2) is 7.07. The number of hydrogen-bond donors (Lipinski definition) is 2. The largest absolute Gasteiger partial charge is 0.352 e. The summed E-state index contributed by atoms with van der Waals surface area (Å²) in [6, 6.07) is 9.14. The molecule has 0 aromatic heterocycles. The van der Waals surface area contributed by atoms with Gasteiger partial charge in [0.25, 0.3) is 0 Å². The van der Waals surface area contributed by atoms with Crippen molar-refractivity contribution in [2.24, 2.45) is 5.73 Å². The molecule has 0 saturated carbocycles. The van der Waals surface area contributed by atoms with Crippen LogP contribution in [0, 0.1) is 0 Å². The van der Waals surface area contributed by atoms with E-state index in [1.165, 1.54) is 0 Å². The lowest BCUT2D eigenvalue weighted by Crippen LogP contribution is -2.40. The second-order valence-corrected chi connectivity index (χ2v) is 4.29. The Morgan fingerprint density at radius 1 is 1.29 bits per heavy atom. The average molecular weight is 234 g/mol. The fourth-order valence-electron chi connectivity index (χ4n) is 1.83. The molecular weight excluding hydrogens is 212 g/mol. The van der Waals surface area contributed by atoms with Gasteiger partial charge in [0.05, 0.1) is 0 Å². The van der Waals surface area contributed by atoms with E-state index in [0.717, 1.165) is 24.8 Å². The molecule has 0 fully saturated rings. The van der Waals surface area contributed by atoms with Crippen LogP contribution in [0.25, 0.3) is 0 Å². The first kappa shape index (κ1) is 13.7. The fraction of sp³-hybridized carbons (Fsp3) is 0.500. The Balaban J connectivity index is 2.58. The van der Waals surface area contributed by atoms with Gasteiger partial charge >= 0.3 is 0 Å². The molecule has 3 N–H and O–H groups in total. The molecule has 0 heterocycles. The molecule has 94 valence electrons. The van der Waals surface area contributed by atoms with Crippen LogP contribution in [0.1, 0.15) is 44.7 Å². The summed E-state index contributed by atoms with van der Waals surface area (Å²) in [6.07, 6.45) is 3.02. The van der Waals surface area contributed by atoms with Gasteiger partial charge in [0, 0.05) is 6.04 Å². The first-order valence-electron chi connectivity index (χ1n) is 6.29. The zero-order valence-electron chi connectivity index (χ0n) is 10.6. The van der Waals surface area contributed by atoms with Gasteiger partial charge in [0.2, 0.25) is 5.91 Å². The first-order valence-corrected chi connectivity index (χ1v) is 6.29. The predicted octanol–water partition coefficient (Wildman–Crippen LogP) is 2.38. The minimum absolute atomic E-state index is 0.0866. The number of carbonyl (C=O) groups is 1. The zero-order valence-corrected chi connectivity index (χ0v) is 10.6. The third kappa shape index (κ3) is 4.19. The molecule has 3 heteroatoms. The average Bonchev–Trinajstić information content (AvgIpc) is 2.38. The minimum Gasteiger partial charge on any atom is -0.352 e. The standard InChI is InChI=1S/C14H22N2O/c1-3-8-12(4-2)16-14(17)13(15)11-9-6-5-7-10-11/h5-7,9-10,12-13H,3-4,8,15H2,1-2H3,(H,16,17)/t12?,13-/m1/s1. The highest BCUT2D eigenvalue weighted by Crippen LogP contribution is 2.10. The summed E-state index contributed by atoms with van der Waals surface area (Å²) < 4.78 is 0. The number of hydrogen-bond acceptors (Lipinski definition) is 2. The monoisotopic (exact) mass is 234 g/mol. The number of rotatable bonds is 6. The van der Waals surface area contributed by atoms with Crippen molar-refractivity contribution >= 4 is 5.91 Å². The Labute approximate surface area is 103 Å². The predicted molar refractivity (Wildman–Crippen MR) is 70.5 cm³/mol. The summed E-state index contributed by atoms with van der Waals surface area (Å²) in [7, 11) is 0. The summed E-state index contributed by atoms with van der Waals surface area (Å²) in [5.74, 6) is -0.0866. The molecule has 3 nitrogen and oxygen atoms in total. The summed E-state index contributed by atoms with van der Waals surface area (Å²) in [5.41, 5.74) is 6.78. The van der Waals surface area contributed by atoms with Gasteiger partial charge in [-0.25, -0.2) is 0 Å². The Kier molecular flexibility index (Phi) is 5.70. The molecule has 0 aliphatic heterocycles. The van der Waals surface area contributed by atoms with Gasteiger partial charge in [-0.1, -0.05) is 50.6 Å². The van der Waals surface area contributed by atoms with Crippen LogP contribution in [0.15, 0.2) is 30.3 Å². The maximum Gasteiger partial charge on any atom is 0.241 e. The third-order valence-corrected chi connectivity index (χ3v) is 2.92. The number of nitrogens with two attached hydrogens (primary N) is 1. The van der Waals surface area contributed by atoms with E-state index in [9.17, 15) is 4.79 Å². The number of amides is 1. The zero-order chi connectivity index (χ0) is 12.7. The normalized spacial score (nSPS) is 14.1. The number of carbonyl (C=O) groups excluding carboxylic acids is 1. The summed E-state index contributed by atoms with van der Waals surface area (Å²) in [6.45, 7) is 4.20. The van der Waals surface area contributed by atoms with Crippen molar-refractivity contribution in [3.63, 3.8) is 0 Å². The minimum atomic E-state index is -0.567. The van der Waals surface area contributed by atoms with E-state index >= 15 is 0 Å². The molecule has 2 atom stereocenters. The molecule has 1 aromatic rings. The van der Waals surface area contributed by atoms with Gasteiger partial charge in [-0.15, -0.1) is 0 Å². The van der Waals surface area contributed by atoms with E-state index in [2.05, 4.69) is 19.2 Å². The van der Waals surface area contributed by atoms with Gasteiger partial charge in [-0.3, -0.25) is 4.79 Å². The van der Waals surface area contributed by atoms with Crippen molar-refractivity contribution in [1.29, 1.82) is 0 Å². The Hall–Kier alpha value is -1.35. The van der Waals surface area contributed by atoms with Crippen LogP contribution in [-0.2, 0) is 4.79 Å². The van der Waals surface area contributed by atoms with E-state index in [4.69, 9.17) is 5.73 Å². The molecule has 1 unspecified atom stereocenters. The van der Waals surface area contributed by atoms with Crippen LogP contribution in [0.2, 0.25) is 0 Å². The van der Waals surface area contributed by atoms with E-state index in [1.54, 1.807) is 0 Å². The van der Waals surface area contributed by atoms with Crippen molar-refractivity contribution < 1.29 is 4.79 Å². The maximum absolute atomic E-state index is 12.0. The van der Waals surface area contributed by atoms with Gasteiger partial charge in [-0.2, -0.15) is 0 Å². The first-order chi connectivity index (χ1) is 8.19. The number of benzene rings is 1. The van der Waals surface area contributed by atoms with Crippen LogP contribution in [0.3, 0.4) is 0 Å². The lowest BCUT2D eigenvalue weighted by molar-refractivity contribution is -0.123. The van der Waals surface area contributed by atoms with E-state index in [1.807, 2.05) is 30.3 Å². The molecule has 1 amide bonds. The molecule has 0 aliphatic carbocycles. The molecule has 17 heavy (non-hydrogen) atoms. The van der Waals surface area contributed by atoms with Crippen molar-refractivity contribution in [2.45, 2.75) is 45.2 Å². The van der Waals surface area contributed by atoms with Crippen molar-refractivity contribution in [1.82, 2.24) is 5.32 Å². The topological polar surface area (TPSA) is 55.1 Å². The van der Waals surface area contributed by atoms with Crippen molar-refractivity contribution in [3.05, 3.63) is 35.9 Å². The second-order valence-electron chi connectivity index (χ2n) is 4.29. The molecule has 1 rings (SSSR count). The number of nitrogens with one attached hydrogen (secondary N) is 1. The summed E-state index contributed by atoms with van der Waals surface area (Å²) >= 11 is 0. The molecule has 0 saturated heterocycles. The quantitative estimate of drug-likeness (QED) is 0.794. The maximum atomic E-state index is 12.0. The van der Waals surface area contributed by atoms with Crippen LogP contribution in [0.4, 0.5) is 0 Å². The van der Waals surface area contributed by atoms with Crippen LogP contribution < -0.4 is 11.1 Å². The summed E-state index contributed by atoms with van der Waals surface area (Å²) in [4.78, 5) is 12.0. The van der Waals surface area contributed by atoms with Crippen molar-refractivity contribution in [2.75, 3.05) is 0 Å². The van der Waals surface area contributed by atoms with Crippen LogP contribution in [-0.4, -0.2) is 11.9 Å². The van der Waals surface area contributed by atoms with E-state index in [0.29, 0.717) is 0 Å². The Morgan fingerprint density at radius 3 is 2.47 bits per heavy atom. The molecule has 0 radical (unpaired) electrons. The highest BCUT2D eigenvalue weighted by atomic mass is 16.2. The van der Waals surface area contributed by atoms with Crippen LogP contribution in [0.5, 0.6) is 0 Å². The van der Waals surface area contributed by atoms with Crippen LogP contribution >= 0.6 is 0 Å². The molecule has 0 bridgehead atoms. The van der Waals surface area contributed by atoms with Gasteiger partial charge in [0.15, 0.2) is 0 Å². The fourth-order valence-corrected chi connectivity index (χ4v) is 1.83. The molecule has 0 spiro atoms. The smallest absolute Gasteiger partial charge is 0.241 e. The van der Waals surface area contributed by atoms with E-state index in [-0.39, 0.29) is 11.9 Å². The van der Waals surface area contributed by atoms with Gasteiger partial charge in [-0.05, 0) is 18.4 Å². The summed E-state index contributed by atoms with van der Waals surface area (Å²) in [5, 5.41) is 3.00. The highest BCUT2D eigenvalue weighted by Gasteiger charge is 2.17. The SMILES string of the molecule is CCCC(CC)NC(=O)[C@H](N)c1ccccc1. The highest BCUT2D eigenvalue weighted by molar-refractivity contribution is 5.83. The van der Waals surface area contributed by atoms with Gasteiger partial charge < -0.3 is 11.1 Å². The molecule has 1 aromatic carbocycles. The molecular formula is C14H22N2O. The Bertz CT molecular complexity index is 337.